The maximum atomic E-state index is 11.8. The van der Waals surface area contributed by atoms with Gasteiger partial charge in [-0.2, -0.15) is 0 Å². The Balaban J connectivity index is 4.49. The van der Waals surface area contributed by atoms with Crippen LogP contribution in [0.15, 0.2) is 0 Å². The third-order valence-corrected chi connectivity index (χ3v) is 2.71. The number of nitrogens with zero attached hydrogens (tertiary/aromatic N) is 1. The van der Waals surface area contributed by atoms with Crippen LogP contribution in [-0.2, 0) is 14.3 Å². The number of aliphatic carboxylic acids is 1. The van der Waals surface area contributed by atoms with E-state index in [-0.39, 0.29) is 12.5 Å². The van der Waals surface area contributed by atoms with Crippen LogP contribution in [0.25, 0.3) is 0 Å². The van der Waals surface area contributed by atoms with Crippen LogP contribution in [0.3, 0.4) is 0 Å². The molecule has 0 aromatic rings. The van der Waals surface area contributed by atoms with Crippen LogP contribution in [0.1, 0.15) is 20.8 Å². The molecule has 0 fully saturated rings. The highest BCUT2D eigenvalue weighted by Crippen LogP contribution is 2.05. The number of carbonyl (C=O) groups excluding carboxylic acids is 2. The van der Waals surface area contributed by atoms with Crippen molar-refractivity contribution in [1.82, 2.24) is 10.2 Å². The minimum atomic E-state index is -1.09. The number of ether oxygens (including phenoxy) is 1. The van der Waals surface area contributed by atoms with Crippen LogP contribution in [0.2, 0.25) is 0 Å². The van der Waals surface area contributed by atoms with Gasteiger partial charge in [-0.15, -0.1) is 0 Å². The van der Waals surface area contributed by atoms with Crippen molar-refractivity contribution in [2.45, 2.75) is 26.8 Å². The molecule has 0 spiro atoms. The molecule has 0 bridgehead atoms. The minimum absolute atomic E-state index is 0.156. The van der Waals surface area contributed by atoms with Crippen molar-refractivity contribution in [3.8, 4) is 0 Å². The summed E-state index contributed by atoms with van der Waals surface area (Å²) < 4.78 is 4.56. The van der Waals surface area contributed by atoms with Gasteiger partial charge in [0.25, 0.3) is 0 Å². The molecule has 2 amide bonds. The van der Waals surface area contributed by atoms with E-state index in [0.717, 1.165) is 0 Å². The Morgan fingerprint density at radius 3 is 2.16 bits per heavy atom. The van der Waals surface area contributed by atoms with E-state index in [0.29, 0.717) is 0 Å². The van der Waals surface area contributed by atoms with Crippen molar-refractivity contribution in [3.63, 3.8) is 0 Å². The van der Waals surface area contributed by atoms with Gasteiger partial charge in [0.1, 0.15) is 6.04 Å². The van der Waals surface area contributed by atoms with Gasteiger partial charge >= 0.3 is 18.0 Å². The average molecular weight is 274 g/mol. The van der Waals surface area contributed by atoms with Gasteiger partial charge in [0.05, 0.1) is 13.0 Å². The molecular formula is C12H22N2O5. The summed E-state index contributed by atoms with van der Waals surface area (Å²) in [6.07, 6.45) is 0. The Bertz CT molecular complexity index is 343. The van der Waals surface area contributed by atoms with Gasteiger partial charge < -0.3 is 20.1 Å². The van der Waals surface area contributed by atoms with Gasteiger partial charge in [0.15, 0.2) is 0 Å². The number of methoxy groups -OCH3 is 1. The normalized spacial score (nSPS) is 13.6. The topological polar surface area (TPSA) is 95.9 Å². The number of carbonyl (C=O) groups is 3. The number of hydrogen-bond acceptors (Lipinski definition) is 4. The molecular weight excluding hydrogens is 252 g/mol. The quantitative estimate of drug-likeness (QED) is 0.689. The molecule has 110 valence electrons. The number of amides is 2. The maximum absolute atomic E-state index is 11.8. The fourth-order valence-corrected chi connectivity index (χ4v) is 1.53. The van der Waals surface area contributed by atoms with E-state index in [9.17, 15) is 14.4 Å². The van der Waals surface area contributed by atoms with Crippen LogP contribution in [0, 0.1) is 11.8 Å². The van der Waals surface area contributed by atoms with Crippen LogP contribution in [-0.4, -0.2) is 54.7 Å². The Kier molecular flexibility index (Phi) is 6.89. The number of carboxylic acids is 1. The molecule has 2 unspecified atom stereocenters. The van der Waals surface area contributed by atoms with Crippen LogP contribution >= 0.6 is 0 Å². The molecule has 0 heterocycles. The lowest BCUT2D eigenvalue weighted by atomic mass is 10.1. The molecule has 0 rings (SSSR count). The highest BCUT2D eigenvalue weighted by atomic mass is 16.5. The predicted octanol–water partition coefficient (Wildman–Crippen LogP) is 0.546. The standard InChI is InChI=1S/C12H22N2O5/c1-7(2)9(10(15)16)13-12(18)14(4)6-8(3)11(17)19-5/h7-9H,6H2,1-5H3,(H,13,18)(H,15,16). The zero-order chi connectivity index (χ0) is 15.2. The molecule has 0 saturated carbocycles. The first kappa shape index (κ1) is 17.2. The second-order valence-corrected chi connectivity index (χ2v) is 4.81. The Morgan fingerprint density at radius 2 is 1.79 bits per heavy atom. The fraction of sp³-hybridized carbons (Fsp3) is 0.750. The number of hydrogen-bond donors (Lipinski definition) is 2. The first-order chi connectivity index (χ1) is 8.70. The molecule has 0 aliphatic rings. The molecule has 0 saturated heterocycles. The lowest BCUT2D eigenvalue weighted by Gasteiger charge is -2.24. The molecule has 7 nitrogen and oxygen atoms in total. The van der Waals surface area contributed by atoms with Crippen molar-refractivity contribution in [2.24, 2.45) is 11.8 Å². The summed E-state index contributed by atoms with van der Waals surface area (Å²) in [4.78, 5) is 35.3. The van der Waals surface area contributed by atoms with Gasteiger partial charge in [-0.05, 0) is 5.92 Å². The summed E-state index contributed by atoms with van der Waals surface area (Å²) in [6, 6.07) is -1.49. The molecule has 19 heavy (non-hydrogen) atoms. The molecule has 0 aliphatic carbocycles. The van der Waals surface area contributed by atoms with Crippen molar-refractivity contribution in [1.29, 1.82) is 0 Å². The number of esters is 1. The molecule has 2 atom stereocenters. The Morgan fingerprint density at radius 1 is 1.26 bits per heavy atom. The maximum Gasteiger partial charge on any atom is 0.326 e. The molecule has 0 aromatic heterocycles. The molecule has 0 aromatic carbocycles. The number of nitrogens with one attached hydrogen (secondary N) is 1. The highest BCUT2D eigenvalue weighted by Gasteiger charge is 2.26. The predicted molar refractivity (Wildman–Crippen MR) is 68.6 cm³/mol. The first-order valence-corrected chi connectivity index (χ1v) is 6.03. The summed E-state index contributed by atoms with van der Waals surface area (Å²) in [6.45, 7) is 5.20. The van der Waals surface area contributed by atoms with E-state index in [1.165, 1.54) is 19.1 Å². The zero-order valence-corrected chi connectivity index (χ0v) is 12.0. The molecule has 0 aliphatic heterocycles. The molecule has 0 radical (unpaired) electrons. The third kappa shape index (κ3) is 5.58. The lowest BCUT2D eigenvalue weighted by Crippen LogP contribution is -2.50. The van der Waals surface area contributed by atoms with Crippen molar-refractivity contribution in [2.75, 3.05) is 20.7 Å². The third-order valence-electron chi connectivity index (χ3n) is 2.71. The van der Waals surface area contributed by atoms with E-state index in [1.54, 1.807) is 20.8 Å². The van der Waals surface area contributed by atoms with Crippen LogP contribution in [0.5, 0.6) is 0 Å². The van der Waals surface area contributed by atoms with Gasteiger partial charge in [-0.3, -0.25) is 4.79 Å². The van der Waals surface area contributed by atoms with E-state index < -0.39 is 29.9 Å². The largest absolute Gasteiger partial charge is 0.480 e. The summed E-state index contributed by atoms with van der Waals surface area (Å²) in [5.41, 5.74) is 0. The van der Waals surface area contributed by atoms with E-state index in [4.69, 9.17) is 5.11 Å². The summed E-state index contributed by atoms with van der Waals surface area (Å²) >= 11 is 0. The molecule has 2 N–H and O–H groups in total. The second-order valence-electron chi connectivity index (χ2n) is 4.81. The number of urea groups is 1. The average Bonchev–Trinajstić information content (AvgIpc) is 2.33. The van der Waals surface area contributed by atoms with Gasteiger partial charge in [0, 0.05) is 13.6 Å². The SMILES string of the molecule is COC(=O)C(C)CN(C)C(=O)NC(C(=O)O)C(C)C. The van der Waals surface area contributed by atoms with Crippen molar-refractivity contribution >= 4 is 18.0 Å². The summed E-state index contributed by atoms with van der Waals surface area (Å²) in [7, 11) is 2.77. The number of carboxylic acid groups (broad SMARTS) is 1. The fourth-order valence-electron chi connectivity index (χ4n) is 1.53. The first-order valence-electron chi connectivity index (χ1n) is 6.03. The highest BCUT2D eigenvalue weighted by molar-refractivity contribution is 5.83. The van der Waals surface area contributed by atoms with Crippen LogP contribution in [0.4, 0.5) is 4.79 Å². The number of rotatable bonds is 6. The lowest BCUT2D eigenvalue weighted by molar-refractivity contribution is -0.145. The summed E-state index contributed by atoms with van der Waals surface area (Å²) in [5, 5.41) is 11.4. The van der Waals surface area contributed by atoms with Crippen molar-refractivity contribution in [3.05, 3.63) is 0 Å². The van der Waals surface area contributed by atoms with Crippen LogP contribution < -0.4 is 5.32 Å². The Hall–Kier alpha value is -1.79. The minimum Gasteiger partial charge on any atom is -0.480 e. The zero-order valence-electron chi connectivity index (χ0n) is 12.0. The monoisotopic (exact) mass is 274 g/mol. The summed E-state index contributed by atoms with van der Waals surface area (Å²) in [5.74, 6) is -2.20. The van der Waals surface area contributed by atoms with E-state index in [2.05, 4.69) is 10.1 Å². The van der Waals surface area contributed by atoms with E-state index >= 15 is 0 Å². The molecule has 7 heteroatoms. The van der Waals surface area contributed by atoms with E-state index in [1.807, 2.05) is 0 Å². The smallest absolute Gasteiger partial charge is 0.326 e. The van der Waals surface area contributed by atoms with Gasteiger partial charge in [-0.25, -0.2) is 9.59 Å². The van der Waals surface area contributed by atoms with Gasteiger partial charge in [-0.1, -0.05) is 20.8 Å². The van der Waals surface area contributed by atoms with Crippen molar-refractivity contribution < 1.29 is 24.2 Å². The van der Waals surface area contributed by atoms with Gasteiger partial charge in [0.2, 0.25) is 0 Å². The Labute approximate surface area is 112 Å². The second kappa shape index (κ2) is 7.60.